The van der Waals surface area contributed by atoms with Crippen molar-refractivity contribution in [2.75, 3.05) is 52.2 Å². The zero-order chi connectivity index (χ0) is 97.2. The third-order valence-electron chi connectivity index (χ3n) is 14.7. The van der Waals surface area contributed by atoms with E-state index in [4.69, 9.17) is 43.9 Å². The Bertz CT molecular complexity index is 5710. The number of carbonyl (C=O) groups excluding carboxylic acids is 2. The highest BCUT2D eigenvalue weighted by Crippen LogP contribution is 2.35. The first-order valence-electron chi connectivity index (χ1n) is 45.1. The van der Waals surface area contributed by atoms with E-state index in [0.717, 1.165) is 66.4 Å². The minimum Gasteiger partial charge on any atom is -0.336 e. The number of benzene rings is 6. The molecule has 6 aromatic carbocycles. The molecule has 1 unspecified atom stereocenters. The van der Waals surface area contributed by atoms with E-state index in [1.54, 1.807) is 12.1 Å². The summed E-state index contributed by atoms with van der Waals surface area (Å²) in [6, 6.07) is -6.55. The molecule has 0 spiro atoms. The van der Waals surface area contributed by atoms with Gasteiger partial charge in [-0.15, -0.1) is 0 Å². The summed E-state index contributed by atoms with van der Waals surface area (Å²) >= 11 is 0.0413. The zero-order valence-corrected chi connectivity index (χ0v) is 53.6. The van der Waals surface area contributed by atoms with Crippen molar-refractivity contribution in [1.82, 2.24) is 38.7 Å². The predicted octanol–water partition coefficient (Wildman–Crippen LogP) is 15.0. The maximum absolute atomic E-state index is 14.7. The maximum Gasteiger partial charge on any atom is 0.416 e. The molecule has 0 aliphatic heterocycles. The first-order valence-corrected chi connectivity index (χ1v) is 30.7. The maximum atomic E-state index is 14.7. The molecule has 8 aromatic rings. The molecule has 12 nitrogen and oxygen atoms in total. The standard InChI is InChI=1S/2C37H40F4N4O2S/c1-4-43(5-2)18-19-44(22-26-6-10-28(11-7-26)29-12-14-30(15-13-29)37(39,40)41)34(46)23-45-33-21-25(3)20-32(33)35(47)42-36(45)48-24-27-8-16-31(38)17-9-27;1-4-43(5-2)19-20-44(22-29-12-11-28(21-25(29)3)27-13-15-30(16-14-27)37(39,40)41)34(46)23-45-33-8-6-7-32(33)35(47)42-36(45)48-24-26-9-17-31(38)18-10-26/h6-17,25H,4-5,18-24H2,1-3H3;9-18,21H,4-8,19-20,22-24H2,1-3H3/i4D2,5D2,8D,9D,16D,17D,20D2,21D2,24D2,25D;4D2,5D2,9D,10D,11D,12D,13D,14D,15D,16D,17D,18D,21D,24D2. The highest BCUT2D eigenvalue weighted by Gasteiger charge is 2.33. The molecule has 0 saturated heterocycles. The van der Waals surface area contributed by atoms with E-state index in [9.17, 15) is 54.3 Å². The van der Waals surface area contributed by atoms with Gasteiger partial charge in [0.15, 0.2) is 10.3 Å². The van der Waals surface area contributed by atoms with Crippen LogP contribution in [0.4, 0.5) is 35.1 Å². The molecule has 96 heavy (non-hydrogen) atoms. The fraction of sp³-hybridized carbons (Fsp3) is 0.378. The van der Waals surface area contributed by atoms with Gasteiger partial charge in [-0.1, -0.05) is 149 Å². The second-order valence-corrected chi connectivity index (χ2v) is 22.5. The SMILES string of the molecule is [2H]c1c([2H])c(C([2H])([2H])Sc2nc(=O)c3c(n2CC(=O)N(CCN(C([2H])([2H])C)C([2H])([2H])C)Cc2c([2H])c([2H])c(-c4c([2H])c([2H])c(C(F)(F)F)c([2H])c4[2H])c([2H])c2C)CCC3)c([2H])c([2H])c1F.[2H]c1c([2H])c(C([2H])([2H])Sc2nc(=O)c3c(n2CC(=O)N(CCN(C([2H])([2H])C)C([2H])([2H])C)Cc2ccc(-c4ccc(C(F)(F)F)cc4)cc2)C([2H])([2H])C([2H])(C)C3([2H])[2H])c([2H])c([2H])c1F. The summed E-state index contributed by atoms with van der Waals surface area (Å²) in [6.45, 7) is -7.73. The average molecular weight is 1390 g/mol. The number of carbonyl (C=O) groups is 2. The zero-order valence-electron chi connectivity index (χ0n) is 83.9. The van der Waals surface area contributed by atoms with Crippen LogP contribution < -0.4 is 11.1 Å². The number of fused-ring (bicyclic) bond motifs is 2. The average Bonchev–Trinajstić information content (AvgIpc) is 1.52. The quantitative estimate of drug-likeness (QED) is 0.0295. The molecule has 2 aliphatic rings. The van der Waals surface area contributed by atoms with Crippen molar-refractivity contribution >= 4 is 35.3 Å². The number of aromatic nitrogens is 4. The van der Waals surface area contributed by atoms with Gasteiger partial charge in [-0.3, -0.25) is 19.2 Å². The van der Waals surface area contributed by atoms with Crippen molar-refractivity contribution in [2.24, 2.45) is 5.89 Å². The van der Waals surface area contributed by atoms with E-state index in [-0.39, 0.29) is 65.3 Å². The lowest BCUT2D eigenvalue weighted by Gasteiger charge is -2.28. The molecule has 508 valence electrons. The van der Waals surface area contributed by atoms with Crippen molar-refractivity contribution in [2.45, 2.75) is 134 Å². The van der Waals surface area contributed by atoms with E-state index in [0.29, 0.717) is 27.7 Å². The highest BCUT2D eigenvalue weighted by atomic mass is 32.2. The molecule has 0 fully saturated rings. The van der Waals surface area contributed by atoms with Gasteiger partial charge in [0.1, 0.15) is 24.7 Å². The molecule has 0 bridgehead atoms. The molecular weight excluding hydrogens is 1280 g/mol. The molecule has 1 atom stereocenters. The molecule has 2 aliphatic carbocycles. The van der Waals surface area contributed by atoms with Gasteiger partial charge in [-0.2, -0.15) is 36.3 Å². The Morgan fingerprint density at radius 2 is 1.04 bits per heavy atom. The number of halogens is 8. The molecule has 2 amide bonds. The Kier molecular flexibility index (Phi) is 13.9. The van der Waals surface area contributed by atoms with Crippen molar-refractivity contribution in [3.05, 3.63) is 233 Å². The van der Waals surface area contributed by atoms with Gasteiger partial charge in [0.05, 0.1) is 31.7 Å². The number of hydrogen-bond donors (Lipinski definition) is 0. The van der Waals surface area contributed by atoms with Crippen LogP contribution in [0, 0.1) is 24.5 Å². The van der Waals surface area contributed by atoms with Crippen LogP contribution in [0.15, 0.2) is 159 Å². The van der Waals surface area contributed by atoms with Crippen molar-refractivity contribution in [3.63, 3.8) is 0 Å². The number of nitrogens with zero attached hydrogens (tertiary/aromatic N) is 8. The van der Waals surface area contributed by atoms with Crippen LogP contribution in [0.3, 0.4) is 0 Å². The van der Waals surface area contributed by atoms with E-state index in [1.807, 2.05) is 0 Å². The highest BCUT2D eigenvalue weighted by molar-refractivity contribution is 7.98. The lowest BCUT2D eigenvalue weighted by Crippen LogP contribution is -2.40. The Morgan fingerprint density at radius 1 is 0.573 bits per heavy atom. The van der Waals surface area contributed by atoms with Gasteiger partial charge >= 0.3 is 12.4 Å². The van der Waals surface area contributed by atoms with Crippen LogP contribution in [0.25, 0.3) is 22.3 Å². The van der Waals surface area contributed by atoms with Crippen LogP contribution in [-0.2, 0) is 85.1 Å². The van der Waals surface area contributed by atoms with Gasteiger partial charge < -0.3 is 28.7 Å². The van der Waals surface area contributed by atoms with Crippen LogP contribution in [0.2, 0.25) is 0 Å². The van der Waals surface area contributed by atoms with Crippen LogP contribution in [0.1, 0.15) is 146 Å². The normalized spacial score (nSPS) is 21.1. The summed E-state index contributed by atoms with van der Waals surface area (Å²) in [5.41, 5.74) is -15.2. The summed E-state index contributed by atoms with van der Waals surface area (Å²) in [5.74, 6) is -7.81. The van der Waals surface area contributed by atoms with E-state index in [1.165, 1.54) is 35.8 Å². The Balaban J connectivity index is 0.000000289. The molecule has 22 heteroatoms. The van der Waals surface area contributed by atoms with E-state index >= 15 is 0 Å². The lowest BCUT2D eigenvalue weighted by atomic mass is 9.98. The Morgan fingerprint density at radius 3 is 1.54 bits per heavy atom. The summed E-state index contributed by atoms with van der Waals surface area (Å²) in [7, 11) is 0. The van der Waals surface area contributed by atoms with E-state index in [2.05, 4.69) is 9.97 Å². The van der Waals surface area contributed by atoms with Gasteiger partial charge in [0.2, 0.25) is 11.8 Å². The van der Waals surface area contributed by atoms with Gasteiger partial charge in [0, 0.05) is 96.5 Å². The minimum atomic E-state index is -5.30. The van der Waals surface area contributed by atoms with Gasteiger partial charge in [0.25, 0.3) is 11.1 Å². The third kappa shape index (κ3) is 19.0. The third-order valence-corrected chi connectivity index (χ3v) is 16.3. The smallest absolute Gasteiger partial charge is 0.336 e. The largest absolute Gasteiger partial charge is 0.416 e. The second-order valence-electron chi connectivity index (χ2n) is 20.9. The first-order chi connectivity index (χ1) is 58.2. The Labute approximate surface area is 608 Å². The topological polar surface area (TPSA) is 117 Å². The fourth-order valence-corrected chi connectivity index (χ4v) is 11.1. The molecule has 10 rings (SSSR count). The molecular formula is C74H80F8N8O4S2. The minimum absolute atomic E-state index is 0.0921. The summed E-state index contributed by atoms with van der Waals surface area (Å²) in [4.78, 5) is 67.7. The molecule has 2 heterocycles. The fourth-order valence-electron chi connectivity index (χ4n) is 9.74. The summed E-state index contributed by atoms with van der Waals surface area (Å²) in [6.07, 6.45) is -15.3. The number of hydrogen-bond acceptors (Lipinski definition) is 10. The van der Waals surface area contributed by atoms with Crippen LogP contribution in [-0.4, -0.2) is 103 Å². The van der Waals surface area contributed by atoms with E-state index < -0.39 is 294 Å². The van der Waals surface area contributed by atoms with Crippen molar-refractivity contribution in [3.8, 4) is 22.3 Å². The van der Waals surface area contributed by atoms with Gasteiger partial charge in [-0.25, -0.2) is 8.78 Å². The number of amides is 2. The van der Waals surface area contributed by atoms with Crippen LogP contribution >= 0.6 is 23.5 Å². The number of rotatable bonds is 26. The summed E-state index contributed by atoms with van der Waals surface area (Å²) in [5, 5.41) is -1.32. The first kappa shape index (κ1) is 40.7. The Hall–Kier alpha value is -7.92. The number of alkyl halides is 6. The van der Waals surface area contributed by atoms with Crippen molar-refractivity contribution in [1.29, 1.82) is 0 Å². The van der Waals surface area contributed by atoms with Crippen LogP contribution in [0.5, 0.6) is 0 Å². The number of likely N-dealkylation sites (N-methyl/N-ethyl adjacent to an activating group) is 2. The monoisotopic (exact) mass is 1390 g/mol. The predicted molar refractivity (Wildman–Crippen MR) is 362 cm³/mol. The summed E-state index contributed by atoms with van der Waals surface area (Å²) < 4.78 is 381. The number of thioether (sulfide) groups is 2. The molecule has 0 saturated carbocycles. The van der Waals surface area contributed by atoms with Gasteiger partial charge in [-0.05, 0) is 169 Å². The van der Waals surface area contributed by atoms with Crippen molar-refractivity contribution < 1.29 is 88.6 Å². The molecule has 0 N–H and O–H groups in total. The lowest BCUT2D eigenvalue weighted by molar-refractivity contribution is -0.138. The second kappa shape index (κ2) is 32.9. The molecule has 2 aromatic heterocycles. The molecule has 0 radical (unpaired) electrons.